The van der Waals surface area contributed by atoms with Crippen LogP contribution in [0.1, 0.15) is 43.0 Å². The molecular formula is C23H29NO4. The summed E-state index contributed by atoms with van der Waals surface area (Å²) in [7, 11) is 0. The SMILES string of the molecule is CCOC(=O)CCN(C(=O)COc1cc(C)ccc1C)C(C)c1ccccc1. The summed E-state index contributed by atoms with van der Waals surface area (Å²) in [5.74, 6) is 0.226. The van der Waals surface area contributed by atoms with E-state index in [1.165, 1.54) is 0 Å². The van der Waals surface area contributed by atoms with E-state index in [2.05, 4.69) is 0 Å². The summed E-state index contributed by atoms with van der Waals surface area (Å²) in [5, 5.41) is 0. The molecule has 1 amide bonds. The Labute approximate surface area is 167 Å². The number of aryl methyl sites for hydroxylation is 2. The first-order chi connectivity index (χ1) is 13.4. The molecule has 150 valence electrons. The van der Waals surface area contributed by atoms with Crippen LogP contribution in [-0.2, 0) is 14.3 Å². The molecule has 2 aromatic carbocycles. The molecule has 0 spiro atoms. The van der Waals surface area contributed by atoms with E-state index in [0.717, 1.165) is 16.7 Å². The molecular weight excluding hydrogens is 354 g/mol. The summed E-state index contributed by atoms with van der Waals surface area (Å²) in [4.78, 5) is 26.4. The second kappa shape index (κ2) is 10.5. The lowest BCUT2D eigenvalue weighted by molar-refractivity contribution is -0.144. The van der Waals surface area contributed by atoms with E-state index in [4.69, 9.17) is 9.47 Å². The molecule has 0 aromatic heterocycles. The van der Waals surface area contributed by atoms with Crippen molar-refractivity contribution in [2.75, 3.05) is 19.8 Å². The van der Waals surface area contributed by atoms with E-state index in [0.29, 0.717) is 12.4 Å². The van der Waals surface area contributed by atoms with Crippen molar-refractivity contribution >= 4 is 11.9 Å². The van der Waals surface area contributed by atoms with Gasteiger partial charge in [-0.05, 0) is 50.5 Å². The van der Waals surface area contributed by atoms with Crippen molar-refractivity contribution < 1.29 is 19.1 Å². The molecule has 0 aliphatic rings. The number of benzene rings is 2. The van der Waals surface area contributed by atoms with Crippen LogP contribution in [0.4, 0.5) is 0 Å². The topological polar surface area (TPSA) is 55.8 Å². The number of rotatable bonds is 9. The van der Waals surface area contributed by atoms with Crippen molar-refractivity contribution in [1.29, 1.82) is 0 Å². The molecule has 0 heterocycles. The zero-order chi connectivity index (χ0) is 20.5. The van der Waals surface area contributed by atoms with E-state index in [1.54, 1.807) is 11.8 Å². The molecule has 0 aliphatic heterocycles. The number of amides is 1. The van der Waals surface area contributed by atoms with Gasteiger partial charge in [-0.3, -0.25) is 9.59 Å². The van der Waals surface area contributed by atoms with Crippen LogP contribution in [0.3, 0.4) is 0 Å². The molecule has 0 aliphatic carbocycles. The van der Waals surface area contributed by atoms with Crippen LogP contribution in [-0.4, -0.2) is 36.5 Å². The molecule has 0 fully saturated rings. The Morgan fingerprint density at radius 1 is 1.07 bits per heavy atom. The molecule has 0 radical (unpaired) electrons. The van der Waals surface area contributed by atoms with Crippen molar-refractivity contribution in [3.63, 3.8) is 0 Å². The molecule has 0 bridgehead atoms. The first kappa shape index (κ1) is 21.5. The van der Waals surface area contributed by atoms with Gasteiger partial charge in [0, 0.05) is 6.54 Å². The van der Waals surface area contributed by atoms with Gasteiger partial charge in [0.2, 0.25) is 0 Å². The Balaban J connectivity index is 2.11. The van der Waals surface area contributed by atoms with E-state index >= 15 is 0 Å². The Hall–Kier alpha value is -2.82. The van der Waals surface area contributed by atoms with Crippen LogP contribution in [0, 0.1) is 13.8 Å². The number of nitrogens with zero attached hydrogens (tertiary/aromatic N) is 1. The van der Waals surface area contributed by atoms with Gasteiger partial charge in [-0.25, -0.2) is 0 Å². The smallest absolute Gasteiger partial charge is 0.307 e. The lowest BCUT2D eigenvalue weighted by Crippen LogP contribution is -2.38. The number of esters is 1. The summed E-state index contributed by atoms with van der Waals surface area (Å²) in [6, 6.07) is 15.5. The molecule has 28 heavy (non-hydrogen) atoms. The molecule has 1 atom stereocenters. The summed E-state index contributed by atoms with van der Waals surface area (Å²) in [5.41, 5.74) is 3.06. The van der Waals surface area contributed by atoms with Gasteiger partial charge in [0.15, 0.2) is 6.61 Å². The number of ether oxygens (including phenoxy) is 2. The highest BCUT2D eigenvalue weighted by Crippen LogP contribution is 2.22. The highest BCUT2D eigenvalue weighted by Gasteiger charge is 2.23. The van der Waals surface area contributed by atoms with Crippen LogP contribution in [0.15, 0.2) is 48.5 Å². The Kier molecular flexibility index (Phi) is 8.05. The maximum absolute atomic E-state index is 12.9. The molecule has 0 N–H and O–H groups in total. The normalized spacial score (nSPS) is 11.6. The Morgan fingerprint density at radius 3 is 2.46 bits per heavy atom. The van der Waals surface area contributed by atoms with Crippen molar-refractivity contribution in [2.45, 2.75) is 40.2 Å². The zero-order valence-electron chi connectivity index (χ0n) is 17.1. The molecule has 5 nitrogen and oxygen atoms in total. The van der Waals surface area contributed by atoms with Crippen molar-refractivity contribution in [3.8, 4) is 5.75 Å². The van der Waals surface area contributed by atoms with Crippen LogP contribution < -0.4 is 4.74 Å². The Bertz CT molecular complexity index is 788. The summed E-state index contributed by atoms with van der Waals surface area (Å²) in [6.45, 7) is 8.19. The second-order valence-corrected chi connectivity index (χ2v) is 6.79. The summed E-state index contributed by atoms with van der Waals surface area (Å²) >= 11 is 0. The van der Waals surface area contributed by atoms with Gasteiger partial charge in [-0.15, -0.1) is 0 Å². The maximum Gasteiger partial charge on any atom is 0.307 e. The fourth-order valence-corrected chi connectivity index (χ4v) is 2.98. The minimum absolute atomic E-state index is 0.0791. The first-order valence-electron chi connectivity index (χ1n) is 9.62. The Morgan fingerprint density at radius 2 is 1.79 bits per heavy atom. The second-order valence-electron chi connectivity index (χ2n) is 6.79. The highest BCUT2D eigenvalue weighted by molar-refractivity contribution is 5.79. The highest BCUT2D eigenvalue weighted by atomic mass is 16.5. The lowest BCUT2D eigenvalue weighted by atomic mass is 10.1. The van der Waals surface area contributed by atoms with Gasteiger partial charge in [0.1, 0.15) is 5.75 Å². The zero-order valence-corrected chi connectivity index (χ0v) is 17.1. The largest absolute Gasteiger partial charge is 0.483 e. The van der Waals surface area contributed by atoms with E-state index in [9.17, 15) is 9.59 Å². The van der Waals surface area contributed by atoms with Crippen molar-refractivity contribution in [2.24, 2.45) is 0 Å². The average Bonchev–Trinajstić information content (AvgIpc) is 2.69. The molecule has 0 saturated carbocycles. The third kappa shape index (κ3) is 6.12. The minimum Gasteiger partial charge on any atom is -0.483 e. The fraction of sp³-hybridized carbons (Fsp3) is 0.391. The van der Waals surface area contributed by atoms with Crippen LogP contribution in [0.5, 0.6) is 5.75 Å². The number of hydrogen-bond donors (Lipinski definition) is 0. The predicted octanol–water partition coefficient (Wildman–Crippen LogP) is 4.23. The maximum atomic E-state index is 12.9. The number of hydrogen-bond acceptors (Lipinski definition) is 4. The van der Waals surface area contributed by atoms with Gasteiger partial charge >= 0.3 is 5.97 Å². The summed E-state index contributed by atoms with van der Waals surface area (Å²) < 4.78 is 10.8. The number of carbonyl (C=O) groups is 2. The standard InChI is InChI=1S/C23H29NO4/c1-5-27-23(26)13-14-24(19(4)20-9-7-6-8-10-20)22(25)16-28-21-15-17(2)11-12-18(21)3/h6-12,15,19H,5,13-14,16H2,1-4H3. The lowest BCUT2D eigenvalue weighted by Gasteiger charge is -2.29. The third-order valence-corrected chi connectivity index (χ3v) is 4.63. The fourth-order valence-electron chi connectivity index (χ4n) is 2.98. The average molecular weight is 383 g/mol. The summed E-state index contributed by atoms with van der Waals surface area (Å²) in [6.07, 6.45) is 0.153. The van der Waals surface area contributed by atoms with Gasteiger partial charge in [-0.2, -0.15) is 0 Å². The van der Waals surface area contributed by atoms with Gasteiger partial charge in [0.25, 0.3) is 5.91 Å². The van der Waals surface area contributed by atoms with Crippen LogP contribution >= 0.6 is 0 Å². The molecule has 5 heteroatoms. The molecule has 2 aromatic rings. The molecule has 0 saturated heterocycles. The third-order valence-electron chi connectivity index (χ3n) is 4.63. The van der Waals surface area contributed by atoms with Gasteiger partial charge < -0.3 is 14.4 Å². The van der Waals surface area contributed by atoms with Gasteiger partial charge in [0.05, 0.1) is 19.1 Å². The van der Waals surface area contributed by atoms with E-state index in [1.807, 2.05) is 69.3 Å². The molecule has 1 unspecified atom stereocenters. The van der Waals surface area contributed by atoms with E-state index < -0.39 is 0 Å². The monoisotopic (exact) mass is 383 g/mol. The van der Waals surface area contributed by atoms with Crippen LogP contribution in [0.25, 0.3) is 0 Å². The number of carbonyl (C=O) groups excluding carboxylic acids is 2. The van der Waals surface area contributed by atoms with Crippen LogP contribution in [0.2, 0.25) is 0 Å². The van der Waals surface area contributed by atoms with Gasteiger partial charge in [-0.1, -0.05) is 42.5 Å². The van der Waals surface area contributed by atoms with Crippen molar-refractivity contribution in [1.82, 2.24) is 4.90 Å². The minimum atomic E-state index is -0.309. The predicted molar refractivity (Wildman–Crippen MR) is 109 cm³/mol. The molecule has 2 rings (SSSR count). The van der Waals surface area contributed by atoms with E-state index in [-0.39, 0.29) is 37.5 Å². The quantitative estimate of drug-likeness (QED) is 0.608. The first-order valence-corrected chi connectivity index (χ1v) is 9.62. The van der Waals surface area contributed by atoms with Crippen molar-refractivity contribution in [3.05, 3.63) is 65.2 Å².